The highest BCUT2D eigenvalue weighted by atomic mass is 35.5. The van der Waals surface area contributed by atoms with E-state index in [2.05, 4.69) is 23.6 Å². The SMILES string of the molecule is CCCCCCCCCCCCOCC(COCCCCCCCCCCCC)(CN1CCCC1)CN1CCCC1.Cl.Cl. The zero-order valence-corrected chi connectivity index (χ0v) is 30.7. The van der Waals surface area contributed by atoms with Gasteiger partial charge < -0.3 is 19.3 Å². The Hall–Kier alpha value is 0.420. The molecule has 0 amide bonds. The number of nitrogens with zero attached hydrogens (tertiary/aromatic N) is 2. The Morgan fingerprint density at radius 3 is 1.00 bits per heavy atom. The molecule has 0 bridgehead atoms. The Labute approximate surface area is 282 Å². The Morgan fingerprint density at radius 2 is 0.698 bits per heavy atom. The molecule has 6 heteroatoms. The van der Waals surface area contributed by atoms with Gasteiger partial charge in [-0.25, -0.2) is 0 Å². The second kappa shape index (κ2) is 31.0. The Kier molecular flexibility index (Phi) is 31.3. The van der Waals surface area contributed by atoms with E-state index in [0.717, 1.165) is 39.5 Å². The summed E-state index contributed by atoms with van der Waals surface area (Å²) < 4.78 is 13.0. The number of unbranched alkanes of at least 4 members (excludes halogenated alkanes) is 18. The van der Waals surface area contributed by atoms with Crippen LogP contribution < -0.4 is 0 Å². The lowest BCUT2D eigenvalue weighted by Crippen LogP contribution is -2.50. The Balaban J connectivity index is 0.00000882. The molecule has 2 aliphatic rings. The molecule has 0 aliphatic carbocycles. The molecule has 2 aliphatic heterocycles. The summed E-state index contributed by atoms with van der Waals surface area (Å²) in [6, 6.07) is 0. The van der Waals surface area contributed by atoms with Crippen LogP contribution in [0, 0.1) is 5.41 Å². The Bertz CT molecular complexity index is 509. The average Bonchev–Trinajstić information content (AvgIpc) is 3.69. The smallest absolute Gasteiger partial charge is 0.0569 e. The highest BCUT2D eigenvalue weighted by Gasteiger charge is 2.36. The molecule has 2 fully saturated rings. The van der Waals surface area contributed by atoms with E-state index in [1.165, 1.54) is 180 Å². The molecule has 4 nitrogen and oxygen atoms in total. The van der Waals surface area contributed by atoms with E-state index in [1.54, 1.807) is 0 Å². The third-order valence-electron chi connectivity index (χ3n) is 9.62. The van der Waals surface area contributed by atoms with Gasteiger partial charge in [-0.15, -0.1) is 24.8 Å². The number of likely N-dealkylation sites (tertiary alicyclic amines) is 2. The predicted molar refractivity (Wildman–Crippen MR) is 194 cm³/mol. The monoisotopic (exact) mass is 651 g/mol. The van der Waals surface area contributed by atoms with Crippen molar-refractivity contribution in [3.8, 4) is 0 Å². The average molecular weight is 652 g/mol. The fourth-order valence-electron chi connectivity index (χ4n) is 7.06. The van der Waals surface area contributed by atoms with Crippen molar-refractivity contribution >= 4 is 24.8 Å². The topological polar surface area (TPSA) is 24.9 Å². The van der Waals surface area contributed by atoms with E-state index in [9.17, 15) is 0 Å². The van der Waals surface area contributed by atoms with Gasteiger partial charge in [0.2, 0.25) is 0 Å². The van der Waals surface area contributed by atoms with Gasteiger partial charge in [-0.05, 0) is 64.7 Å². The molecule has 0 aromatic rings. The van der Waals surface area contributed by atoms with Crippen LogP contribution in [0.1, 0.15) is 168 Å². The third-order valence-corrected chi connectivity index (χ3v) is 9.62. The van der Waals surface area contributed by atoms with Gasteiger partial charge in [0.25, 0.3) is 0 Å². The minimum atomic E-state index is 0. The molecule has 2 heterocycles. The van der Waals surface area contributed by atoms with Gasteiger partial charge >= 0.3 is 0 Å². The number of rotatable bonds is 30. The summed E-state index contributed by atoms with van der Waals surface area (Å²) in [6.07, 6.45) is 33.1. The fourth-order valence-corrected chi connectivity index (χ4v) is 7.06. The lowest BCUT2D eigenvalue weighted by molar-refractivity contribution is -0.0526. The Morgan fingerprint density at radius 1 is 0.419 bits per heavy atom. The van der Waals surface area contributed by atoms with Crippen LogP contribution in [-0.2, 0) is 9.47 Å². The molecule has 0 aromatic carbocycles. The molecule has 260 valence electrons. The summed E-state index contributed by atoms with van der Waals surface area (Å²) in [4.78, 5) is 5.42. The van der Waals surface area contributed by atoms with E-state index >= 15 is 0 Å². The van der Waals surface area contributed by atoms with Crippen molar-refractivity contribution in [2.24, 2.45) is 5.41 Å². The standard InChI is InChI=1S/C37H74N2O2.2ClH/c1-3-5-7-9-11-13-15-17-19-25-31-40-35-37(33-38-27-21-22-28-38,34-39-29-23-24-30-39)36-41-32-26-20-18-16-14-12-10-8-6-4-2;;/h3-36H2,1-2H3;2*1H. The first kappa shape index (κ1) is 43.4. The molecule has 0 atom stereocenters. The normalized spacial score (nSPS) is 16.0. The van der Waals surface area contributed by atoms with E-state index < -0.39 is 0 Å². The maximum absolute atomic E-state index is 6.52. The van der Waals surface area contributed by atoms with Gasteiger partial charge in [0.1, 0.15) is 0 Å². The van der Waals surface area contributed by atoms with Crippen LogP contribution in [0.2, 0.25) is 0 Å². The van der Waals surface area contributed by atoms with Gasteiger partial charge in [-0.1, -0.05) is 129 Å². The van der Waals surface area contributed by atoms with E-state index in [0.29, 0.717) is 0 Å². The van der Waals surface area contributed by atoms with Crippen LogP contribution >= 0.6 is 24.8 Å². The zero-order valence-electron chi connectivity index (χ0n) is 29.1. The summed E-state index contributed by atoms with van der Waals surface area (Å²) in [5.74, 6) is 0. The molecule has 0 aromatic heterocycles. The minimum absolute atomic E-state index is 0. The highest BCUT2D eigenvalue weighted by molar-refractivity contribution is 5.85. The van der Waals surface area contributed by atoms with Crippen LogP contribution in [-0.4, -0.2) is 75.5 Å². The largest absolute Gasteiger partial charge is 0.381 e. The first-order chi connectivity index (χ1) is 20.3. The second-order valence-corrected chi connectivity index (χ2v) is 13.9. The van der Waals surface area contributed by atoms with Crippen molar-refractivity contribution < 1.29 is 9.47 Å². The molecular weight excluding hydrogens is 575 g/mol. The van der Waals surface area contributed by atoms with Gasteiger partial charge in [-0.2, -0.15) is 0 Å². The third kappa shape index (κ3) is 23.4. The van der Waals surface area contributed by atoms with Crippen molar-refractivity contribution in [3.05, 3.63) is 0 Å². The summed E-state index contributed by atoms with van der Waals surface area (Å²) >= 11 is 0. The van der Waals surface area contributed by atoms with Gasteiger partial charge in [0.05, 0.1) is 13.2 Å². The molecule has 2 rings (SSSR count). The molecular formula is C37H76Cl2N2O2. The summed E-state index contributed by atoms with van der Waals surface area (Å²) in [5.41, 5.74) is 0.117. The van der Waals surface area contributed by atoms with Crippen LogP contribution in [0.25, 0.3) is 0 Å². The molecule has 0 N–H and O–H groups in total. The lowest BCUT2D eigenvalue weighted by atomic mass is 9.88. The van der Waals surface area contributed by atoms with Crippen molar-refractivity contribution in [1.82, 2.24) is 9.80 Å². The number of ether oxygens (including phenoxy) is 2. The van der Waals surface area contributed by atoms with E-state index in [4.69, 9.17) is 9.47 Å². The highest BCUT2D eigenvalue weighted by Crippen LogP contribution is 2.27. The number of hydrogen-bond acceptors (Lipinski definition) is 4. The van der Waals surface area contributed by atoms with Gasteiger partial charge in [-0.3, -0.25) is 0 Å². The summed E-state index contributed by atoms with van der Waals surface area (Å²) in [5, 5.41) is 0. The van der Waals surface area contributed by atoms with Crippen molar-refractivity contribution in [1.29, 1.82) is 0 Å². The van der Waals surface area contributed by atoms with Gasteiger partial charge in [0.15, 0.2) is 0 Å². The molecule has 2 saturated heterocycles. The van der Waals surface area contributed by atoms with Crippen molar-refractivity contribution in [2.45, 2.75) is 168 Å². The second-order valence-electron chi connectivity index (χ2n) is 13.9. The first-order valence-corrected chi connectivity index (χ1v) is 18.9. The molecule has 0 saturated carbocycles. The molecule has 43 heavy (non-hydrogen) atoms. The summed E-state index contributed by atoms with van der Waals surface area (Å²) in [7, 11) is 0. The molecule has 0 unspecified atom stereocenters. The van der Waals surface area contributed by atoms with Crippen LogP contribution in [0.5, 0.6) is 0 Å². The number of hydrogen-bond donors (Lipinski definition) is 0. The van der Waals surface area contributed by atoms with Crippen LogP contribution in [0.15, 0.2) is 0 Å². The predicted octanol–water partition coefficient (Wildman–Crippen LogP) is 10.9. The van der Waals surface area contributed by atoms with E-state index in [-0.39, 0.29) is 30.2 Å². The quantitative estimate of drug-likeness (QED) is 0.0722. The van der Waals surface area contributed by atoms with Crippen LogP contribution in [0.3, 0.4) is 0 Å². The van der Waals surface area contributed by atoms with E-state index in [1.807, 2.05) is 0 Å². The maximum Gasteiger partial charge on any atom is 0.0569 e. The number of halogens is 2. The van der Waals surface area contributed by atoms with Crippen LogP contribution in [0.4, 0.5) is 0 Å². The van der Waals surface area contributed by atoms with Crippen molar-refractivity contribution in [2.75, 3.05) is 65.7 Å². The van der Waals surface area contributed by atoms with Gasteiger partial charge in [0, 0.05) is 31.7 Å². The maximum atomic E-state index is 6.52. The fraction of sp³-hybridized carbons (Fsp3) is 1.00. The first-order valence-electron chi connectivity index (χ1n) is 18.9. The molecule has 0 spiro atoms. The molecule has 0 radical (unpaired) electrons. The lowest BCUT2D eigenvalue weighted by Gasteiger charge is -2.39. The minimum Gasteiger partial charge on any atom is -0.381 e. The summed E-state index contributed by atoms with van der Waals surface area (Å²) in [6.45, 7) is 15.6. The van der Waals surface area contributed by atoms with Crippen molar-refractivity contribution in [3.63, 3.8) is 0 Å². The zero-order chi connectivity index (χ0) is 29.1.